The smallest absolute Gasteiger partial charge is 0.193 e. The van der Waals surface area contributed by atoms with Gasteiger partial charge in [0.25, 0.3) is 0 Å². The summed E-state index contributed by atoms with van der Waals surface area (Å²) in [6.45, 7) is 7.73. The first-order valence-electron chi connectivity index (χ1n) is 9.10. The number of hydrogen-bond acceptors (Lipinski definition) is 4. The van der Waals surface area contributed by atoms with Gasteiger partial charge in [-0.05, 0) is 37.5 Å². The molecule has 0 aromatic heterocycles. The van der Waals surface area contributed by atoms with Gasteiger partial charge in [-0.2, -0.15) is 0 Å². The summed E-state index contributed by atoms with van der Waals surface area (Å²) in [6.07, 6.45) is 1.95. The van der Waals surface area contributed by atoms with E-state index >= 15 is 0 Å². The summed E-state index contributed by atoms with van der Waals surface area (Å²) < 4.78 is 10.7. The van der Waals surface area contributed by atoms with Crippen LogP contribution >= 0.6 is 0 Å². The van der Waals surface area contributed by atoms with Crippen molar-refractivity contribution in [2.24, 2.45) is 10.9 Å². The molecule has 1 saturated heterocycles. The minimum absolute atomic E-state index is 0.309. The standard InChI is InChI=1S/C19H31N3O3/c1-3-20-19(21-9-7-16-5-4-6-18(23)13-16)22-10-8-17(14-22)15-25-12-11-24-2/h4-6,13,17,23H,3,7-12,14-15H2,1-2H3,(H,20,21). The molecule has 6 heteroatoms. The number of aromatic hydroxyl groups is 1. The number of hydrogen-bond donors (Lipinski definition) is 2. The predicted octanol–water partition coefficient (Wildman–Crippen LogP) is 1.89. The summed E-state index contributed by atoms with van der Waals surface area (Å²) in [5.74, 6) is 1.83. The number of likely N-dealkylation sites (tertiary alicyclic amines) is 1. The van der Waals surface area contributed by atoms with E-state index in [4.69, 9.17) is 14.5 Å². The highest BCUT2D eigenvalue weighted by molar-refractivity contribution is 5.80. The Balaban J connectivity index is 1.81. The van der Waals surface area contributed by atoms with Crippen molar-refractivity contribution in [3.05, 3.63) is 29.8 Å². The summed E-state index contributed by atoms with van der Waals surface area (Å²) in [4.78, 5) is 7.07. The molecular weight excluding hydrogens is 318 g/mol. The largest absolute Gasteiger partial charge is 0.508 e. The van der Waals surface area contributed by atoms with Gasteiger partial charge < -0.3 is 24.8 Å². The molecule has 2 rings (SSSR count). The van der Waals surface area contributed by atoms with Gasteiger partial charge in [0.05, 0.1) is 19.8 Å². The van der Waals surface area contributed by atoms with Crippen LogP contribution in [-0.4, -0.2) is 69.1 Å². The molecule has 140 valence electrons. The van der Waals surface area contributed by atoms with Crippen LogP contribution in [0.3, 0.4) is 0 Å². The molecule has 0 bridgehead atoms. The van der Waals surface area contributed by atoms with Crippen molar-refractivity contribution in [1.29, 1.82) is 0 Å². The highest BCUT2D eigenvalue weighted by Crippen LogP contribution is 2.17. The molecule has 2 N–H and O–H groups in total. The lowest BCUT2D eigenvalue weighted by atomic mass is 10.1. The fraction of sp³-hybridized carbons (Fsp3) is 0.632. The van der Waals surface area contributed by atoms with Gasteiger partial charge in [0.2, 0.25) is 0 Å². The first-order valence-corrected chi connectivity index (χ1v) is 9.10. The van der Waals surface area contributed by atoms with Crippen molar-refractivity contribution in [2.75, 3.05) is 53.1 Å². The number of rotatable bonds is 9. The van der Waals surface area contributed by atoms with Crippen molar-refractivity contribution >= 4 is 5.96 Å². The molecule has 1 aliphatic heterocycles. The van der Waals surface area contributed by atoms with Gasteiger partial charge in [-0.3, -0.25) is 4.99 Å². The average Bonchev–Trinajstić information content (AvgIpc) is 3.07. The fourth-order valence-electron chi connectivity index (χ4n) is 2.98. The number of phenolic OH excluding ortho intramolecular Hbond substituents is 1. The zero-order chi connectivity index (χ0) is 17.9. The Morgan fingerprint density at radius 2 is 2.28 bits per heavy atom. The normalized spacial score (nSPS) is 17.9. The van der Waals surface area contributed by atoms with E-state index in [2.05, 4.69) is 17.1 Å². The lowest BCUT2D eigenvalue weighted by molar-refractivity contribution is 0.0536. The summed E-state index contributed by atoms with van der Waals surface area (Å²) in [7, 11) is 1.69. The van der Waals surface area contributed by atoms with E-state index in [1.807, 2.05) is 12.1 Å². The minimum atomic E-state index is 0.309. The van der Waals surface area contributed by atoms with Gasteiger partial charge in [0, 0.05) is 39.2 Å². The van der Waals surface area contributed by atoms with Crippen LogP contribution in [0.4, 0.5) is 0 Å². The van der Waals surface area contributed by atoms with E-state index in [0.717, 1.165) is 50.6 Å². The van der Waals surface area contributed by atoms with Crippen LogP contribution in [0.1, 0.15) is 18.9 Å². The van der Waals surface area contributed by atoms with E-state index in [1.54, 1.807) is 19.2 Å². The number of nitrogens with one attached hydrogen (secondary N) is 1. The maximum absolute atomic E-state index is 9.54. The number of guanidine groups is 1. The zero-order valence-corrected chi connectivity index (χ0v) is 15.4. The lowest BCUT2D eigenvalue weighted by Gasteiger charge is -2.21. The molecule has 1 aromatic carbocycles. The van der Waals surface area contributed by atoms with Crippen molar-refractivity contribution in [3.63, 3.8) is 0 Å². The van der Waals surface area contributed by atoms with E-state index in [9.17, 15) is 5.11 Å². The zero-order valence-electron chi connectivity index (χ0n) is 15.4. The average molecular weight is 349 g/mol. The second-order valence-electron chi connectivity index (χ2n) is 6.32. The molecule has 0 amide bonds. The Kier molecular flexibility index (Phi) is 8.55. The number of methoxy groups -OCH3 is 1. The van der Waals surface area contributed by atoms with Crippen LogP contribution in [0, 0.1) is 5.92 Å². The van der Waals surface area contributed by atoms with E-state index in [0.29, 0.717) is 31.4 Å². The number of ether oxygens (including phenoxy) is 2. The number of phenols is 1. The molecule has 0 aliphatic carbocycles. The van der Waals surface area contributed by atoms with Crippen LogP contribution in [0.25, 0.3) is 0 Å². The molecule has 1 atom stereocenters. The predicted molar refractivity (Wildman–Crippen MR) is 100 cm³/mol. The van der Waals surface area contributed by atoms with Crippen LogP contribution in [-0.2, 0) is 15.9 Å². The highest BCUT2D eigenvalue weighted by Gasteiger charge is 2.24. The Morgan fingerprint density at radius 1 is 1.40 bits per heavy atom. The third kappa shape index (κ3) is 6.92. The molecule has 1 heterocycles. The Hall–Kier alpha value is -1.79. The second-order valence-corrected chi connectivity index (χ2v) is 6.32. The molecule has 25 heavy (non-hydrogen) atoms. The molecule has 0 saturated carbocycles. The molecular formula is C19H31N3O3. The highest BCUT2D eigenvalue weighted by atomic mass is 16.5. The number of nitrogens with zero attached hydrogens (tertiary/aromatic N) is 2. The van der Waals surface area contributed by atoms with Gasteiger partial charge in [0.15, 0.2) is 5.96 Å². The molecule has 0 spiro atoms. The summed E-state index contributed by atoms with van der Waals surface area (Å²) in [5.41, 5.74) is 1.10. The fourth-order valence-corrected chi connectivity index (χ4v) is 2.98. The first-order chi connectivity index (χ1) is 12.2. The van der Waals surface area contributed by atoms with E-state index in [1.165, 1.54) is 0 Å². The van der Waals surface area contributed by atoms with Crippen LogP contribution in [0.15, 0.2) is 29.3 Å². The van der Waals surface area contributed by atoms with Crippen LogP contribution in [0.2, 0.25) is 0 Å². The third-order valence-electron chi connectivity index (χ3n) is 4.28. The summed E-state index contributed by atoms with van der Waals surface area (Å²) in [6, 6.07) is 7.38. The minimum Gasteiger partial charge on any atom is -0.508 e. The van der Waals surface area contributed by atoms with Gasteiger partial charge >= 0.3 is 0 Å². The van der Waals surface area contributed by atoms with Gasteiger partial charge in [-0.15, -0.1) is 0 Å². The van der Waals surface area contributed by atoms with Gasteiger partial charge in [-0.1, -0.05) is 12.1 Å². The molecule has 1 unspecified atom stereocenters. The van der Waals surface area contributed by atoms with Crippen molar-refractivity contribution in [1.82, 2.24) is 10.2 Å². The Labute approximate surface area is 150 Å². The van der Waals surface area contributed by atoms with Crippen LogP contribution < -0.4 is 5.32 Å². The van der Waals surface area contributed by atoms with Crippen molar-refractivity contribution in [2.45, 2.75) is 19.8 Å². The molecule has 1 aliphatic rings. The quantitative estimate of drug-likeness (QED) is 0.405. The summed E-state index contributed by atoms with van der Waals surface area (Å²) in [5, 5.41) is 12.9. The molecule has 6 nitrogen and oxygen atoms in total. The maximum atomic E-state index is 9.54. The molecule has 1 fully saturated rings. The maximum Gasteiger partial charge on any atom is 0.193 e. The number of benzene rings is 1. The molecule has 1 aromatic rings. The van der Waals surface area contributed by atoms with Gasteiger partial charge in [-0.25, -0.2) is 0 Å². The van der Waals surface area contributed by atoms with Crippen LogP contribution in [0.5, 0.6) is 5.75 Å². The second kappa shape index (κ2) is 10.9. The van der Waals surface area contributed by atoms with Crippen molar-refractivity contribution in [3.8, 4) is 5.75 Å². The third-order valence-corrected chi connectivity index (χ3v) is 4.28. The van der Waals surface area contributed by atoms with E-state index < -0.39 is 0 Å². The lowest BCUT2D eigenvalue weighted by Crippen LogP contribution is -2.40. The van der Waals surface area contributed by atoms with Crippen molar-refractivity contribution < 1.29 is 14.6 Å². The Bertz CT molecular complexity index is 536. The number of aliphatic imine (C=N–C) groups is 1. The van der Waals surface area contributed by atoms with Gasteiger partial charge in [0.1, 0.15) is 5.75 Å². The monoisotopic (exact) mass is 349 g/mol. The SMILES string of the molecule is CCNC(=NCCc1cccc(O)c1)N1CCC(COCCOC)C1. The van der Waals surface area contributed by atoms with E-state index in [-0.39, 0.29) is 0 Å². The molecule has 0 radical (unpaired) electrons. The topological polar surface area (TPSA) is 66.3 Å². The summed E-state index contributed by atoms with van der Waals surface area (Å²) >= 11 is 0. The Morgan fingerprint density at radius 3 is 3.04 bits per heavy atom. The first kappa shape index (κ1) is 19.5.